The van der Waals surface area contributed by atoms with E-state index in [1.54, 1.807) is 0 Å². The molecule has 0 radical (unpaired) electrons. The summed E-state index contributed by atoms with van der Waals surface area (Å²) in [7, 11) is -3.13. The molecule has 0 amide bonds. The van der Waals surface area contributed by atoms with Gasteiger partial charge in [0.15, 0.2) is 0 Å². The number of aromatic nitrogens is 2. The van der Waals surface area contributed by atoms with E-state index in [1.165, 1.54) is 11.9 Å². The minimum absolute atomic E-state index is 0.267. The quantitative estimate of drug-likeness (QED) is 0.844. The molecule has 0 aromatic carbocycles. The fraction of sp³-hybridized carbons (Fsp3) is 0.786. The summed E-state index contributed by atoms with van der Waals surface area (Å²) in [4.78, 5) is 6.77. The van der Waals surface area contributed by atoms with Crippen LogP contribution in [0, 0.1) is 0 Å². The molecule has 7 nitrogen and oxygen atoms in total. The minimum Gasteiger partial charge on any atom is -0.381 e. The van der Waals surface area contributed by atoms with Gasteiger partial charge in [0.1, 0.15) is 0 Å². The summed E-state index contributed by atoms with van der Waals surface area (Å²) >= 11 is 0. The molecule has 3 heterocycles. The molecule has 1 saturated heterocycles. The molecule has 1 aromatic heterocycles. The first-order valence-electron chi connectivity index (χ1n) is 7.80. The van der Waals surface area contributed by atoms with Crippen molar-refractivity contribution in [3.63, 3.8) is 0 Å². The molecule has 0 bridgehead atoms. The Labute approximate surface area is 131 Å². The molecule has 1 atom stereocenters. The second-order valence-electron chi connectivity index (χ2n) is 6.17. The molecule has 124 valence electrons. The van der Waals surface area contributed by atoms with Crippen LogP contribution in [0.15, 0.2) is 12.5 Å². The van der Waals surface area contributed by atoms with Crippen molar-refractivity contribution in [3.8, 4) is 0 Å². The van der Waals surface area contributed by atoms with E-state index >= 15 is 0 Å². The first-order valence-corrected chi connectivity index (χ1v) is 9.69. The van der Waals surface area contributed by atoms with Crippen LogP contribution in [0.5, 0.6) is 0 Å². The van der Waals surface area contributed by atoms with Crippen LogP contribution in [0.1, 0.15) is 31.0 Å². The van der Waals surface area contributed by atoms with Gasteiger partial charge in [-0.2, -0.15) is 0 Å². The smallest absolute Gasteiger partial charge is 0.208 e. The number of rotatable bonds is 5. The molecule has 2 aliphatic rings. The highest BCUT2D eigenvalue weighted by Gasteiger charge is 2.30. The van der Waals surface area contributed by atoms with Gasteiger partial charge in [-0.25, -0.2) is 18.1 Å². The van der Waals surface area contributed by atoms with Crippen LogP contribution in [0.3, 0.4) is 0 Å². The van der Waals surface area contributed by atoms with E-state index in [0.29, 0.717) is 12.6 Å². The van der Waals surface area contributed by atoms with Gasteiger partial charge < -0.3 is 9.30 Å². The van der Waals surface area contributed by atoms with E-state index < -0.39 is 10.0 Å². The normalized spacial score (nSPS) is 24.3. The van der Waals surface area contributed by atoms with E-state index in [9.17, 15) is 8.42 Å². The van der Waals surface area contributed by atoms with Crippen LogP contribution in [-0.2, 0) is 21.3 Å². The van der Waals surface area contributed by atoms with Gasteiger partial charge in [-0.1, -0.05) is 0 Å². The fourth-order valence-electron chi connectivity index (χ4n) is 3.38. The summed E-state index contributed by atoms with van der Waals surface area (Å²) in [5, 5.41) is 0. The molecule has 0 spiro atoms. The topological polar surface area (TPSA) is 76.5 Å². The highest BCUT2D eigenvalue weighted by Crippen LogP contribution is 2.27. The number of sulfonamides is 1. The van der Waals surface area contributed by atoms with Gasteiger partial charge >= 0.3 is 0 Å². The average molecular weight is 328 g/mol. The van der Waals surface area contributed by atoms with E-state index in [0.717, 1.165) is 45.6 Å². The second kappa shape index (κ2) is 6.66. The summed E-state index contributed by atoms with van der Waals surface area (Å²) < 4.78 is 32.7. The SMILES string of the molecule is CS(=O)(=O)NCC[C@@H]1CN(C2CCOCC2)Cc2cncn21. The number of nitrogens with one attached hydrogen (secondary N) is 1. The number of nitrogens with zero attached hydrogens (tertiary/aromatic N) is 3. The van der Waals surface area contributed by atoms with E-state index in [4.69, 9.17) is 4.74 Å². The Balaban J connectivity index is 1.66. The summed E-state index contributed by atoms with van der Waals surface area (Å²) in [5.74, 6) is 0. The molecule has 8 heteroatoms. The largest absolute Gasteiger partial charge is 0.381 e. The number of imidazole rings is 1. The molecular weight excluding hydrogens is 304 g/mol. The Morgan fingerprint density at radius 3 is 2.91 bits per heavy atom. The molecular formula is C14H24N4O3S. The Morgan fingerprint density at radius 1 is 1.41 bits per heavy atom. The van der Waals surface area contributed by atoms with Crippen LogP contribution < -0.4 is 4.72 Å². The molecule has 22 heavy (non-hydrogen) atoms. The summed E-state index contributed by atoms with van der Waals surface area (Å²) in [6, 6.07) is 0.825. The zero-order chi connectivity index (χ0) is 15.6. The molecule has 3 rings (SSSR count). The summed E-state index contributed by atoms with van der Waals surface area (Å²) in [5.41, 5.74) is 1.21. The number of hydrogen-bond acceptors (Lipinski definition) is 5. The maximum Gasteiger partial charge on any atom is 0.208 e. The molecule has 2 aliphatic heterocycles. The lowest BCUT2D eigenvalue weighted by Crippen LogP contribution is -2.46. The van der Waals surface area contributed by atoms with E-state index in [2.05, 4.69) is 19.2 Å². The van der Waals surface area contributed by atoms with Gasteiger partial charge in [-0.3, -0.25) is 4.90 Å². The lowest BCUT2D eigenvalue weighted by Gasteiger charge is -2.40. The van der Waals surface area contributed by atoms with Crippen molar-refractivity contribution < 1.29 is 13.2 Å². The predicted octanol–water partition coefficient (Wildman–Crippen LogP) is 0.358. The Morgan fingerprint density at radius 2 is 2.18 bits per heavy atom. The molecule has 1 fully saturated rings. The van der Waals surface area contributed by atoms with Crippen LogP contribution in [0.4, 0.5) is 0 Å². The number of fused-ring (bicyclic) bond motifs is 1. The molecule has 0 aliphatic carbocycles. The van der Waals surface area contributed by atoms with Gasteiger partial charge in [0.05, 0.1) is 18.3 Å². The Hall–Kier alpha value is -0.960. The molecule has 1 N–H and O–H groups in total. The predicted molar refractivity (Wildman–Crippen MR) is 83.0 cm³/mol. The second-order valence-corrected chi connectivity index (χ2v) is 8.01. The van der Waals surface area contributed by atoms with E-state index in [1.807, 2.05) is 12.5 Å². The minimum atomic E-state index is -3.13. The van der Waals surface area contributed by atoms with Crippen molar-refractivity contribution in [2.75, 3.05) is 32.6 Å². The van der Waals surface area contributed by atoms with Crippen LogP contribution in [-0.4, -0.2) is 61.5 Å². The molecule has 0 saturated carbocycles. The molecule has 1 aromatic rings. The van der Waals surface area contributed by atoms with Gasteiger partial charge in [0.25, 0.3) is 0 Å². The third-order valence-corrected chi connectivity index (χ3v) is 5.23. The van der Waals surface area contributed by atoms with Crippen molar-refractivity contribution in [1.82, 2.24) is 19.2 Å². The van der Waals surface area contributed by atoms with Crippen molar-refractivity contribution in [2.45, 2.75) is 37.9 Å². The van der Waals surface area contributed by atoms with Gasteiger partial charge in [0.2, 0.25) is 10.0 Å². The maximum atomic E-state index is 11.2. The van der Waals surface area contributed by atoms with Crippen LogP contribution >= 0.6 is 0 Å². The summed E-state index contributed by atoms with van der Waals surface area (Å²) in [6.07, 6.45) is 7.90. The van der Waals surface area contributed by atoms with Gasteiger partial charge in [0, 0.05) is 51.1 Å². The zero-order valence-corrected chi connectivity index (χ0v) is 13.8. The Bertz CT molecular complexity index is 595. The highest BCUT2D eigenvalue weighted by molar-refractivity contribution is 7.88. The Kier molecular flexibility index (Phi) is 4.82. The molecule has 0 unspecified atom stereocenters. The van der Waals surface area contributed by atoms with Crippen LogP contribution in [0.25, 0.3) is 0 Å². The zero-order valence-electron chi connectivity index (χ0n) is 12.9. The first kappa shape index (κ1) is 15.9. The monoisotopic (exact) mass is 328 g/mol. The van der Waals surface area contributed by atoms with Crippen molar-refractivity contribution in [1.29, 1.82) is 0 Å². The van der Waals surface area contributed by atoms with Gasteiger partial charge in [-0.15, -0.1) is 0 Å². The number of hydrogen-bond donors (Lipinski definition) is 1. The highest BCUT2D eigenvalue weighted by atomic mass is 32.2. The third kappa shape index (κ3) is 3.87. The van der Waals surface area contributed by atoms with Crippen molar-refractivity contribution in [3.05, 3.63) is 18.2 Å². The third-order valence-electron chi connectivity index (χ3n) is 4.50. The number of ether oxygens (including phenoxy) is 1. The fourth-order valence-corrected chi connectivity index (χ4v) is 3.87. The van der Waals surface area contributed by atoms with Gasteiger partial charge in [-0.05, 0) is 19.3 Å². The van der Waals surface area contributed by atoms with E-state index in [-0.39, 0.29) is 6.04 Å². The lowest BCUT2D eigenvalue weighted by atomic mass is 10.0. The van der Waals surface area contributed by atoms with Crippen molar-refractivity contribution >= 4 is 10.0 Å². The average Bonchev–Trinajstić information content (AvgIpc) is 2.95. The van der Waals surface area contributed by atoms with Crippen LogP contribution in [0.2, 0.25) is 0 Å². The standard InChI is InChI=1S/C14H24N4O3S/c1-22(19,20)16-5-2-13-9-17(12-3-6-21-7-4-12)10-14-8-15-11-18(13)14/h8,11-13,16H,2-7,9-10H2,1H3/t13-/m1/s1. The maximum absolute atomic E-state index is 11.2. The first-order chi connectivity index (χ1) is 10.5. The van der Waals surface area contributed by atoms with Crippen molar-refractivity contribution in [2.24, 2.45) is 0 Å². The summed E-state index contributed by atoms with van der Waals surface area (Å²) in [6.45, 7) is 3.99. The lowest BCUT2D eigenvalue weighted by molar-refractivity contribution is 0.0175.